The summed E-state index contributed by atoms with van der Waals surface area (Å²) in [5, 5.41) is 19.6. The largest absolute Gasteiger partial charge is 0.542 e. The molecule has 0 unspecified atom stereocenters. The van der Waals surface area contributed by atoms with Crippen molar-refractivity contribution in [3.8, 4) is 11.5 Å². The molecule has 0 saturated carbocycles. The molecule has 0 fully saturated rings. The molecule has 1 heterocycles. The van der Waals surface area contributed by atoms with E-state index in [2.05, 4.69) is 15.0 Å². The monoisotopic (exact) mass is 511 g/mol. The van der Waals surface area contributed by atoms with Gasteiger partial charge in [-0.2, -0.15) is 6.42 Å². The number of para-hydroxylation sites is 4. The molecule has 1 aromatic heterocycles. The van der Waals surface area contributed by atoms with Crippen molar-refractivity contribution < 1.29 is 31.8 Å². The summed E-state index contributed by atoms with van der Waals surface area (Å²) in [7, 11) is 0. The van der Waals surface area contributed by atoms with Crippen LogP contribution in [0.15, 0.2) is 113 Å². The van der Waals surface area contributed by atoms with Crippen LogP contribution in [0.4, 0.5) is 11.4 Å². The SMILES string of the molecule is CC[C-]=O.Oc1ccccc1C=Nc1ccccc1N=Cc1ccccc1O.[Co].c1ccncc1. The number of hydrogen-bond donors (Lipinski definition) is 2. The number of phenolic OH excluding ortho intramolecular Hbond substituents is 2. The Kier molecular flexibility index (Phi) is 14.4. The Hall–Kier alpha value is -4.07. The number of pyridine rings is 1. The Morgan fingerprint density at radius 3 is 1.43 bits per heavy atom. The van der Waals surface area contributed by atoms with Crippen LogP contribution in [0.1, 0.15) is 24.5 Å². The zero-order chi connectivity index (χ0) is 24.4. The van der Waals surface area contributed by atoms with Crippen molar-refractivity contribution in [2.24, 2.45) is 9.98 Å². The zero-order valence-corrected chi connectivity index (χ0v) is 20.2. The normalized spacial score (nSPS) is 9.86. The van der Waals surface area contributed by atoms with E-state index in [1.165, 1.54) is 0 Å². The number of nitrogens with zero attached hydrogens (tertiary/aromatic N) is 3. The molecular formula is C28H26CoN3O3-. The van der Waals surface area contributed by atoms with Gasteiger partial charge in [-0.25, -0.2) is 0 Å². The fraction of sp³-hybridized carbons (Fsp3) is 0.0714. The minimum Gasteiger partial charge on any atom is -0.542 e. The fourth-order valence-electron chi connectivity index (χ4n) is 2.47. The van der Waals surface area contributed by atoms with Crippen LogP contribution in [0, 0.1) is 0 Å². The molecule has 181 valence electrons. The summed E-state index contributed by atoms with van der Waals surface area (Å²) >= 11 is 0. The fourth-order valence-corrected chi connectivity index (χ4v) is 2.47. The third kappa shape index (κ3) is 11.1. The second-order valence-corrected chi connectivity index (χ2v) is 6.65. The molecule has 0 atom stereocenters. The summed E-state index contributed by atoms with van der Waals surface area (Å²) in [4.78, 5) is 21.7. The van der Waals surface area contributed by atoms with Gasteiger partial charge >= 0.3 is 0 Å². The Morgan fingerprint density at radius 1 is 0.714 bits per heavy atom. The van der Waals surface area contributed by atoms with Gasteiger partial charge in [0.1, 0.15) is 11.5 Å². The first-order valence-electron chi connectivity index (χ1n) is 10.6. The van der Waals surface area contributed by atoms with Gasteiger partial charge in [-0.1, -0.05) is 49.4 Å². The number of aromatic hydroxyl groups is 2. The van der Waals surface area contributed by atoms with Gasteiger partial charge in [-0.05, 0) is 48.5 Å². The van der Waals surface area contributed by atoms with E-state index < -0.39 is 0 Å². The summed E-state index contributed by atoms with van der Waals surface area (Å²) in [6.07, 6.45) is 8.90. The number of hydrogen-bond acceptors (Lipinski definition) is 6. The molecule has 0 spiro atoms. The summed E-state index contributed by atoms with van der Waals surface area (Å²) < 4.78 is 0. The zero-order valence-electron chi connectivity index (χ0n) is 19.2. The average molecular weight is 511 g/mol. The van der Waals surface area contributed by atoms with Crippen LogP contribution in [-0.2, 0) is 21.6 Å². The van der Waals surface area contributed by atoms with Gasteiger partial charge in [-0.3, -0.25) is 21.3 Å². The van der Waals surface area contributed by atoms with Crippen molar-refractivity contribution >= 4 is 30.1 Å². The van der Waals surface area contributed by atoms with Crippen molar-refractivity contribution in [3.63, 3.8) is 0 Å². The smallest absolute Gasteiger partial charge is 0.124 e. The van der Waals surface area contributed by atoms with Crippen molar-refractivity contribution in [2.45, 2.75) is 13.3 Å². The Balaban J connectivity index is 0.000000467. The first-order valence-corrected chi connectivity index (χ1v) is 10.6. The van der Waals surface area contributed by atoms with Gasteiger partial charge in [0.25, 0.3) is 0 Å². The molecule has 0 saturated heterocycles. The van der Waals surface area contributed by atoms with Crippen molar-refractivity contribution in [3.05, 3.63) is 115 Å². The van der Waals surface area contributed by atoms with E-state index in [0.717, 1.165) is 0 Å². The summed E-state index contributed by atoms with van der Waals surface area (Å²) in [6, 6.07) is 27.1. The Bertz CT molecular complexity index is 1100. The molecule has 7 heteroatoms. The van der Waals surface area contributed by atoms with Gasteiger partial charge in [0, 0.05) is 52.7 Å². The number of carbonyl (C=O) groups excluding carboxylic acids is 1. The Morgan fingerprint density at radius 2 is 1.11 bits per heavy atom. The minimum atomic E-state index is 0. The molecule has 6 nitrogen and oxygen atoms in total. The molecule has 0 amide bonds. The quantitative estimate of drug-likeness (QED) is 0.247. The third-order valence-electron chi connectivity index (χ3n) is 4.15. The maximum absolute atomic E-state index is 9.79. The van der Waals surface area contributed by atoms with Gasteiger partial charge in [0.2, 0.25) is 0 Å². The minimum absolute atomic E-state index is 0. The predicted molar refractivity (Wildman–Crippen MR) is 137 cm³/mol. The topological polar surface area (TPSA) is 95.1 Å². The van der Waals surface area contributed by atoms with Crippen LogP contribution in [0.3, 0.4) is 0 Å². The molecule has 1 radical (unpaired) electrons. The van der Waals surface area contributed by atoms with Crippen LogP contribution in [0.25, 0.3) is 0 Å². The van der Waals surface area contributed by atoms with Gasteiger partial charge in [-0.15, -0.1) is 0 Å². The van der Waals surface area contributed by atoms with Crippen LogP contribution < -0.4 is 0 Å². The van der Waals surface area contributed by atoms with Crippen LogP contribution >= 0.6 is 0 Å². The van der Waals surface area contributed by atoms with E-state index >= 15 is 0 Å². The van der Waals surface area contributed by atoms with E-state index in [4.69, 9.17) is 4.79 Å². The molecule has 3 aromatic carbocycles. The maximum Gasteiger partial charge on any atom is 0.124 e. The molecule has 0 aliphatic carbocycles. The van der Waals surface area contributed by atoms with Gasteiger partial charge < -0.3 is 15.0 Å². The van der Waals surface area contributed by atoms with E-state index in [9.17, 15) is 10.2 Å². The van der Waals surface area contributed by atoms with Crippen LogP contribution in [0.5, 0.6) is 11.5 Å². The van der Waals surface area contributed by atoms with E-state index in [-0.39, 0.29) is 28.3 Å². The standard InChI is InChI=1S/C20H16N2O2.C5H5N.C3H5O.Co/c23-19-11-5-1-7-15(19)13-21-17-9-3-4-10-18(17)22-14-16-8-2-6-12-20(16)24;1-2-4-6-5-3-1;1-2-3-4;/h1-14,23-24H;1-5H;2H2,1H3;/q;;-1;. The predicted octanol–water partition coefficient (Wildman–Crippen LogP) is 6.18. The van der Waals surface area contributed by atoms with E-state index in [1.54, 1.807) is 74.4 Å². The van der Waals surface area contributed by atoms with E-state index in [1.807, 2.05) is 54.6 Å². The summed E-state index contributed by atoms with van der Waals surface area (Å²) in [6.45, 7) is 1.76. The van der Waals surface area contributed by atoms with E-state index in [0.29, 0.717) is 28.9 Å². The number of phenols is 2. The molecule has 0 bridgehead atoms. The number of rotatable bonds is 5. The summed E-state index contributed by atoms with van der Waals surface area (Å²) in [5.74, 6) is 0.355. The molecule has 35 heavy (non-hydrogen) atoms. The van der Waals surface area contributed by atoms with Crippen LogP contribution in [-0.4, -0.2) is 33.9 Å². The Labute approximate surface area is 216 Å². The number of aliphatic imine (C=N–C) groups is 2. The second-order valence-electron chi connectivity index (χ2n) is 6.65. The average Bonchev–Trinajstić information content (AvgIpc) is 2.90. The number of aromatic nitrogens is 1. The first-order chi connectivity index (χ1) is 16.7. The second kappa shape index (κ2) is 17.4. The van der Waals surface area contributed by atoms with Crippen molar-refractivity contribution in [2.75, 3.05) is 0 Å². The van der Waals surface area contributed by atoms with Gasteiger partial charge in [0.15, 0.2) is 0 Å². The number of benzene rings is 3. The van der Waals surface area contributed by atoms with Gasteiger partial charge in [0.05, 0.1) is 11.4 Å². The first kappa shape index (κ1) is 29.0. The van der Waals surface area contributed by atoms with Crippen molar-refractivity contribution in [1.29, 1.82) is 0 Å². The molecule has 4 rings (SSSR count). The maximum atomic E-state index is 9.79. The third-order valence-corrected chi connectivity index (χ3v) is 4.15. The summed E-state index contributed by atoms with van der Waals surface area (Å²) in [5.41, 5.74) is 2.62. The molecule has 4 aromatic rings. The molecule has 0 aliphatic rings. The molecule has 2 N–H and O–H groups in total. The molecule has 0 aliphatic heterocycles. The van der Waals surface area contributed by atoms with Crippen molar-refractivity contribution in [1.82, 2.24) is 4.98 Å². The van der Waals surface area contributed by atoms with Crippen LogP contribution in [0.2, 0.25) is 0 Å². The molecular weight excluding hydrogens is 485 g/mol.